The molecule has 0 heterocycles. The first kappa shape index (κ1) is 13.9. The summed E-state index contributed by atoms with van der Waals surface area (Å²) < 4.78 is 10.4. The Kier molecular flexibility index (Phi) is 5.34. The topological polar surface area (TPSA) is 61.6 Å². The molecule has 0 bridgehead atoms. The maximum Gasteiger partial charge on any atom is 0.288 e. The Labute approximate surface area is 104 Å². The second-order valence-electron chi connectivity index (χ2n) is 3.62. The molecular weight excluding hydrogens is 246 g/mol. The summed E-state index contributed by atoms with van der Waals surface area (Å²) in [5, 5.41) is 10.8. The van der Waals surface area contributed by atoms with Crippen molar-refractivity contribution < 1.29 is 14.4 Å². The number of nitrogens with zero attached hydrogens (tertiary/aromatic N) is 1. The van der Waals surface area contributed by atoms with Gasteiger partial charge >= 0.3 is 0 Å². The maximum atomic E-state index is 10.7. The van der Waals surface area contributed by atoms with E-state index in [1.165, 1.54) is 12.1 Å². The first-order valence-corrected chi connectivity index (χ1v) is 5.45. The smallest absolute Gasteiger partial charge is 0.288 e. The molecule has 6 heteroatoms. The lowest BCUT2D eigenvalue weighted by Crippen LogP contribution is -2.14. The van der Waals surface area contributed by atoms with E-state index in [9.17, 15) is 10.1 Å². The fourth-order valence-electron chi connectivity index (χ4n) is 1.31. The minimum absolute atomic E-state index is 0.0604. The molecule has 0 N–H and O–H groups in total. The van der Waals surface area contributed by atoms with E-state index >= 15 is 0 Å². The van der Waals surface area contributed by atoms with E-state index < -0.39 is 4.92 Å². The zero-order chi connectivity index (χ0) is 12.8. The van der Waals surface area contributed by atoms with Crippen molar-refractivity contribution in [1.29, 1.82) is 0 Å². The minimum Gasteiger partial charge on any atom is -0.382 e. The molecule has 0 amide bonds. The lowest BCUT2D eigenvalue weighted by atomic mass is 10.2. The van der Waals surface area contributed by atoms with Crippen LogP contribution in [0.25, 0.3) is 0 Å². The van der Waals surface area contributed by atoms with Gasteiger partial charge in [0.25, 0.3) is 5.69 Å². The molecular formula is C11H14ClNO4. The molecule has 1 atom stereocenters. The van der Waals surface area contributed by atoms with Gasteiger partial charge < -0.3 is 9.47 Å². The van der Waals surface area contributed by atoms with Crippen molar-refractivity contribution in [3.05, 3.63) is 38.9 Å². The highest BCUT2D eigenvalue weighted by atomic mass is 35.5. The van der Waals surface area contributed by atoms with Gasteiger partial charge in [-0.3, -0.25) is 10.1 Å². The van der Waals surface area contributed by atoms with Crippen molar-refractivity contribution in [3.63, 3.8) is 0 Å². The first-order valence-electron chi connectivity index (χ1n) is 5.08. The molecule has 1 unspecified atom stereocenters. The van der Waals surface area contributed by atoms with Crippen molar-refractivity contribution in [3.8, 4) is 0 Å². The molecule has 17 heavy (non-hydrogen) atoms. The fraction of sp³-hybridized carbons (Fsp3) is 0.455. The van der Waals surface area contributed by atoms with Crippen molar-refractivity contribution in [1.82, 2.24) is 0 Å². The molecule has 1 rings (SSSR count). The van der Waals surface area contributed by atoms with Gasteiger partial charge in [0.15, 0.2) is 0 Å². The van der Waals surface area contributed by atoms with Crippen molar-refractivity contribution in [2.75, 3.05) is 13.7 Å². The Hall–Kier alpha value is -1.17. The number of rotatable bonds is 6. The third kappa shape index (κ3) is 4.30. The largest absolute Gasteiger partial charge is 0.382 e. The van der Waals surface area contributed by atoms with E-state index in [1.54, 1.807) is 13.2 Å². The maximum absolute atomic E-state index is 10.7. The van der Waals surface area contributed by atoms with Gasteiger partial charge in [-0.2, -0.15) is 0 Å². The zero-order valence-corrected chi connectivity index (χ0v) is 10.4. The van der Waals surface area contributed by atoms with Gasteiger partial charge in [-0.1, -0.05) is 17.7 Å². The highest BCUT2D eigenvalue weighted by molar-refractivity contribution is 6.32. The second-order valence-corrected chi connectivity index (χ2v) is 4.03. The highest BCUT2D eigenvalue weighted by Gasteiger charge is 2.13. The van der Waals surface area contributed by atoms with Crippen LogP contribution in [0.3, 0.4) is 0 Å². The molecule has 0 saturated carbocycles. The number of benzene rings is 1. The summed E-state index contributed by atoms with van der Waals surface area (Å²) in [6.07, 6.45) is -0.0604. The average molecular weight is 260 g/mol. The van der Waals surface area contributed by atoms with Gasteiger partial charge in [0, 0.05) is 13.2 Å². The van der Waals surface area contributed by atoms with Crippen LogP contribution in [0.1, 0.15) is 12.5 Å². The van der Waals surface area contributed by atoms with Gasteiger partial charge in [-0.15, -0.1) is 0 Å². The van der Waals surface area contributed by atoms with E-state index in [1.807, 2.05) is 6.92 Å². The summed E-state index contributed by atoms with van der Waals surface area (Å²) in [6.45, 7) is 2.64. The number of hydrogen-bond donors (Lipinski definition) is 0. The number of methoxy groups -OCH3 is 1. The summed E-state index contributed by atoms with van der Waals surface area (Å²) in [7, 11) is 1.59. The van der Waals surface area contributed by atoms with Crippen LogP contribution >= 0.6 is 11.6 Å². The van der Waals surface area contributed by atoms with Crippen LogP contribution in [-0.2, 0) is 16.1 Å². The van der Waals surface area contributed by atoms with Crippen LogP contribution in [-0.4, -0.2) is 24.7 Å². The summed E-state index contributed by atoms with van der Waals surface area (Å²) in [5.41, 5.74) is 0.608. The average Bonchev–Trinajstić information content (AvgIpc) is 2.28. The molecule has 0 aromatic heterocycles. The molecule has 0 saturated heterocycles. The second kappa shape index (κ2) is 6.54. The molecule has 1 aromatic rings. The van der Waals surface area contributed by atoms with E-state index in [0.29, 0.717) is 18.8 Å². The number of nitro benzene ring substituents is 1. The quantitative estimate of drug-likeness (QED) is 0.582. The van der Waals surface area contributed by atoms with Crippen LogP contribution < -0.4 is 0 Å². The Bertz CT molecular complexity index is 397. The molecule has 0 aliphatic rings. The van der Waals surface area contributed by atoms with Gasteiger partial charge in [0.1, 0.15) is 5.02 Å². The van der Waals surface area contributed by atoms with Crippen molar-refractivity contribution in [2.24, 2.45) is 0 Å². The predicted octanol–water partition coefficient (Wildman–Crippen LogP) is 2.80. The molecule has 0 spiro atoms. The van der Waals surface area contributed by atoms with E-state index in [2.05, 4.69) is 0 Å². The van der Waals surface area contributed by atoms with E-state index in [4.69, 9.17) is 21.1 Å². The standard InChI is InChI=1S/C11H14ClNO4/c1-8(6-16-2)17-7-9-3-4-10(12)11(5-9)13(14)15/h3-5,8H,6-7H2,1-2H3. The molecule has 1 aromatic carbocycles. The Morgan fingerprint density at radius 3 is 2.82 bits per heavy atom. The van der Waals surface area contributed by atoms with Crippen LogP contribution in [0, 0.1) is 10.1 Å². The lowest BCUT2D eigenvalue weighted by Gasteiger charge is -2.11. The molecule has 0 radical (unpaired) electrons. The number of ether oxygens (including phenoxy) is 2. The van der Waals surface area contributed by atoms with Crippen LogP contribution in [0.15, 0.2) is 18.2 Å². The van der Waals surface area contributed by atoms with Crippen molar-refractivity contribution >= 4 is 17.3 Å². The van der Waals surface area contributed by atoms with Crippen LogP contribution in [0.2, 0.25) is 5.02 Å². The molecule has 0 aliphatic carbocycles. The van der Waals surface area contributed by atoms with E-state index in [0.717, 1.165) is 0 Å². The van der Waals surface area contributed by atoms with Gasteiger partial charge in [-0.05, 0) is 18.6 Å². The first-order chi connectivity index (χ1) is 8.04. The van der Waals surface area contributed by atoms with Crippen molar-refractivity contribution in [2.45, 2.75) is 19.6 Å². The third-order valence-electron chi connectivity index (χ3n) is 2.14. The lowest BCUT2D eigenvalue weighted by molar-refractivity contribution is -0.384. The Balaban J connectivity index is 2.66. The molecule has 0 aliphatic heterocycles. The van der Waals surface area contributed by atoms with Crippen LogP contribution in [0.4, 0.5) is 5.69 Å². The van der Waals surface area contributed by atoms with Gasteiger partial charge in [0.2, 0.25) is 0 Å². The van der Waals surface area contributed by atoms with Crippen LogP contribution in [0.5, 0.6) is 0 Å². The zero-order valence-electron chi connectivity index (χ0n) is 9.68. The van der Waals surface area contributed by atoms with E-state index in [-0.39, 0.29) is 16.8 Å². The minimum atomic E-state index is -0.510. The monoisotopic (exact) mass is 259 g/mol. The fourth-order valence-corrected chi connectivity index (χ4v) is 1.50. The predicted molar refractivity (Wildman–Crippen MR) is 64.2 cm³/mol. The normalized spacial score (nSPS) is 12.4. The molecule has 5 nitrogen and oxygen atoms in total. The Morgan fingerprint density at radius 1 is 1.53 bits per heavy atom. The Morgan fingerprint density at radius 2 is 2.24 bits per heavy atom. The molecule has 94 valence electrons. The SMILES string of the molecule is COCC(C)OCc1ccc(Cl)c([N+](=O)[O-])c1. The summed E-state index contributed by atoms with van der Waals surface area (Å²) >= 11 is 5.70. The van der Waals surface area contributed by atoms with Gasteiger partial charge in [-0.25, -0.2) is 0 Å². The third-order valence-corrected chi connectivity index (χ3v) is 2.46. The highest BCUT2D eigenvalue weighted by Crippen LogP contribution is 2.25. The summed E-state index contributed by atoms with van der Waals surface area (Å²) in [5.74, 6) is 0. The number of halogens is 1. The number of nitro groups is 1. The summed E-state index contributed by atoms with van der Waals surface area (Å²) in [4.78, 5) is 10.2. The summed E-state index contributed by atoms with van der Waals surface area (Å²) in [6, 6.07) is 4.62. The molecule has 0 fully saturated rings. The number of hydrogen-bond acceptors (Lipinski definition) is 4. The van der Waals surface area contributed by atoms with Gasteiger partial charge in [0.05, 0.1) is 24.2 Å².